The number of sulfonamides is 1. The molecule has 2 heterocycles. The number of halogens is 3. The quantitative estimate of drug-likeness (QED) is 0.253. The van der Waals surface area contributed by atoms with Crippen LogP contribution in [0.4, 0.5) is 18.0 Å². The van der Waals surface area contributed by atoms with Gasteiger partial charge in [-0.3, -0.25) is 0 Å². The van der Waals surface area contributed by atoms with Crippen molar-refractivity contribution in [2.75, 3.05) is 0 Å². The highest BCUT2D eigenvalue weighted by atomic mass is 32.2. The summed E-state index contributed by atoms with van der Waals surface area (Å²) in [7, 11) is -4.31. The van der Waals surface area contributed by atoms with Crippen LogP contribution in [0, 0.1) is 12.8 Å². The third-order valence-electron chi connectivity index (χ3n) is 5.79. The molecule has 0 saturated carbocycles. The smallest absolute Gasteiger partial charge is 0.410 e. The molecule has 2 aromatic heterocycles. The van der Waals surface area contributed by atoms with Gasteiger partial charge in [0.05, 0.1) is 0 Å². The van der Waals surface area contributed by atoms with Crippen molar-refractivity contribution in [3.8, 4) is 16.9 Å². The first-order valence-electron chi connectivity index (χ1n) is 11.9. The molecular weight excluding hydrogens is 551 g/mol. The zero-order chi connectivity index (χ0) is 28.4. The summed E-state index contributed by atoms with van der Waals surface area (Å²) in [4.78, 5) is 16.7. The number of amides is 1. The highest BCUT2D eigenvalue weighted by Gasteiger charge is 2.36. The summed E-state index contributed by atoms with van der Waals surface area (Å²) >= 11 is 1.08. The van der Waals surface area contributed by atoms with Gasteiger partial charge in [-0.1, -0.05) is 56.3 Å². The summed E-state index contributed by atoms with van der Waals surface area (Å²) in [6.07, 6.45) is -2.74. The van der Waals surface area contributed by atoms with Crippen LogP contribution in [-0.2, 0) is 29.2 Å². The van der Waals surface area contributed by atoms with Crippen LogP contribution in [0.25, 0.3) is 11.1 Å². The monoisotopic (exact) mass is 577 g/mol. The molecule has 0 fully saturated rings. The summed E-state index contributed by atoms with van der Waals surface area (Å²) in [6, 6.07) is 14.7. The third-order valence-corrected chi connectivity index (χ3v) is 8.93. The lowest BCUT2D eigenvalue weighted by molar-refractivity contribution is -0.147. The number of nitrogens with one attached hydrogen (secondary N) is 1. The van der Waals surface area contributed by atoms with E-state index in [1.165, 1.54) is 18.3 Å². The molecule has 2 aromatic carbocycles. The molecule has 0 saturated heterocycles. The lowest BCUT2D eigenvalue weighted by Gasteiger charge is -2.12. The van der Waals surface area contributed by atoms with E-state index in [9.17, 15) is 26.4 Å². The van der Waals surface area contributed by atoms with E-state index < -0.39 is 28.1 Å². The minimum Gasteiger partial charge on any atom is -0.410 e. The van der Waals surface area contributed by atoms with Crippen molar-refractivity contribution >= 4 is 27.5 Å². The van der Waals surface area contributed by atoms with Crippen molar-refractivity contribution in [2.24, 2.45) is 5.92 Å². The Hall–Kier alpha value is -3.64. The van der Waals surface area contributed by atoms with E-state index in [1.807, 2.05) is 25.5 Å². The zero-order valence-corrected chi connectivity index (χ0v) is 23.0. The molecule has 0 spiro atoms. The average molecular weight is 578 g/mol. The maximum atomic E-state index is 13.4. The first-order chi connectivity index (χ1) is 18.3. The Kier molecular flexibility index (Phi) is 8.17. The molecule has 0 aliphatic carbocycles. The van der Waals surface area contributed by atoms with Crippen molar-refractivity contribution in [1.82, 2.24) is 14.3 Å². The molecule has 1 amide bonds. The standard InChI is InChI=1S/C27H26F3N3O4S2/c1-17(2)15-22-18(3)23(24(38-22)39(35,36)32-26(34)37-21-7-5-4-6-8-21)20-11-9-19(10-12-20)16-33-14-13-31-25(33)27(28,29)30/h4-14,17H,15-16H2,1-3H3,(H,32,34). The molecular formula is C27H26F3N3O4S2. The van der Waals surface area contributed by atoms with E-state index in [0.29, 0.717) is 23.1 Å². The number of carbonyl (C=O) groups excluding carboxylic acids is 1. The molecule has 4 aromatic rings. The van der Waals surface area contributed by atoms with Crippen molar-refractivity contribution in [3.05, 3.63) is 88.8 Å². The Morgan fingerprint density at radius 1 is 1.10 bits per heavy atom. The highest BCUT2D eigenvalue weighted by Crippen LogP contribution is 2.40. The van der Waals surface area contributed by atoms with Crippen LogP contribution in [0.5, 0.6) is 5.75 Å². The molecule has 0 aliphatic rings. The number of aromatic nitrogens is 2. The number of rotatable bonds is 8. The molecule has 0 aliphatic heterocycles. The first-order valence-corrected chi connectivity index (χ1v) is 14.2. The van der Waals surface area contributed by atoms with E-state index in [4.69, 9.17) is 4.74 Å². The maximum absolute atomic E-state index is 13.4. The summed E-state index contributed by atoms with van der Waals surface area (Å²) in [5.74, 6) is -0.557. The number of carbonyl (C=O) groups is 1. The van der Waals surface area contributed by atoms with Gasteiger partial charge in [0.25, 0.3) is 10.0 Å². The Bertz CT molecular complexity index is 1560. The summed E-state index contributed by atoms with van der Waals surface area (Å²) in [6.45, 7) is 5.79. The molecule has 1 N–H and O–H groups in total. The number of ether oxygens (including phenoxy) is 1. The van der Waals surface area contributed by atoms with Gasteiger partial charge in [-0.25, -0.2) is 22.9 Å². The van der Waals surface area contributed by atoms with Crippen molar-refractivity contribution < 1.29 is 31.1 Å². The second-order valence-electron chi connectivity index (χ2n) is 9.29. The fraction of sp³-hybridized carbons (Fsp3) is 0.259. The second-order valence-corrected chi connectivity index (χ2v) is 12.3. The predicted octanol–water partition coefficient (Wildman–Crippen LogP) is 6.66. The Balaban J connectivity index is 1.66. The normalized spacial score (nSPS) is 12.1. The number of benzene rings is 2. The molecule has 12 heteroatoms. The fourth-order valence-corrected chi connectivity index (χ4v) is 7.09. The minimum absolute atomic E-state index is 0.0395. The number of hydrogen-bond donors (Lipinski definition) is 1. The maximum Gasteiger partial charge on any atom is 0.449 e. The van der Waals surface area contributed by atoms with Crippen LogP contribution in [0.2, 0.25) is 0 Å². The molecule has 0 atom stereocenters. The van der Waals surface area contributed by atoms with E-state index in [2.05, 4.69) is 4.98 Å². The van der Waals surface area contributed by atoms with Crippen LogP contribution in [0.1, 0.15) is 35.7 Å². The predicted molar refractivity (Wildman–Crippen MR) is 142 cm³/mol. The van der Waals surface area contributed by atoms with Gasteiger partial charge in [-0.05, 0) is 48.1 Å². The van der Waals surface area contributed by atoms with Gasteiger partial charge >= 0.3 is 12.3 Å². The van der Waals surface area contributed by atoms with Gasteiger partial charge in [0.1, 0.15) is 9.96 Å². The molecule has 0 bridgehead atoms. The molecule has 206 valence electrons. The van der Waals surface area contributed by atoms with Crippen LogP contribution in [0.3, 0.4) is 0 Å². The van der Waals surface area contributed by atoms with Gasteiger partial charge < -0.3 is 9.30 Å². The van der Waals surface area contributed by atoms with E-state index >= 15 is 0 Å². The second kappa shape index (κ2) is 11.2. The summed E-state index contributed by atoms with van der Waals surface area (Å²) < 4.78 is 74.4. The topological polar surface area (TPSA) is 90.3 Å². The SMILES string of the molecule is Cc1c(CC(C)C)sc(S(=O)(=O)NC(=O)Oc2ccccc2)c1-c1ccc(Cn2ccnc2C(F)(F)F)cc1. The van der Waals surface area contributed by atoms with Crippen molar-refractivity contribution in [2.45, 2.75) is 44.1 Å². The number of hydrogen-bond acceptors (Lipinski definition) is 6. The third kappa shape index (κ3) is 6.69. The molecule has 0 unspecified atom stereocenters. The van der Waals surface area contributed by atoms with E-state index in [0.717, 1.165) is 32.5 Å². The van der Waals surface area contributed by atoms with E-state index in [1.54, 1.807) is 42.5 Å². The Morgan fingerprint density at radius 2 is 1.77 bits per heavy atom. The van der Waals surface area contributed by atoms with Crippen molar-refractivity contribution in [3.63, 3.8) is 0 Å². The van der Waals surface area contributed by atoms with Crippen LogP contribution in [-0.4, -0.2) is 24.1 Å². The van der Waals surface area contributed by atoms with Gasteiger partial charge in [-0.15, -0.1) is 11.3 Å². The van der Waals surface area contributed by atoms with Gasteiger partial charge in [0.2, 0.25) is 5.82 Å². The van der Waals surface area contributed by atoms with E-state index in [-0.39, 0.29) is 22.4 Å². The molecule has 39 heavy (non-hydrogen) atoms. The summed E-state index contributed by atoms with van der Waals surface area (Å²) in [5, 5.41) is 0. The first kappa shape index (κ1) is 28.4. The zero-order valence-electron chi connectivity index (χ0n) is 21.3. The molecule has 4 rings (SSSR count). The number of imidazole rings is 1. The van der Waals surface area contributed by atoms with Gasteiger partial charge in [0.15, 0.2) is 0 Å². The van der Waals surface area contributed by atoms with Gasteiger partial charge in [0, 0.05) is 29.4 Å². The lowest BCUT2D eigenvalue weighted by Crippen LogP contribution is -2.32. The molecule has 0 radical (unpaired) electrons. The Morgan fingerprint density at radius 3 is 2.38 bits per heavy atom. The number of para-hydroxylation sites is 1. The summed E-state index contributed by atoms with van der Waals surface area (Å²) in [5.41, 5.74) is 2.32. The van der Waals surface area contributed by atoms with Crippen LogP contribution >= 0.6 is 11.3 Å². The molecule has 7 nitrogen and oxygen atoms in total. The Labute approximate surface area is 228 Å². The van der Waals surface area contributed by atoms with Crippen molar-refractivity contribution in [1.29, 1.82) is 0 Å². The highest BCUT2D eigenvalue weighted by molar-refractivity contribution is 7.92. The number of alkyl halides is 3. The van der Waals surface area contributed by atoms with Crippen LogP contribution in [0.15, 0.2) is 71.2 Å². The van der Waals surface area contributed by atoms with Crippen LogP contribution < -0.4 is 9.46 Å². The fourth-order valence-electron chi connectivity index (χ4n) is 4.06. The number of thiophene rings is 1. The minimum atomic E-state index is -4.58. The van der Waals surface area contributed by atoms with Gasteiger partial charge in [-0.2, -0.15) is 13.2 Å². The average Bonchev–Trinajstić information content (AvgIpc) is 3.45. The lowest BCUT2D eigenvalue weighted by atomic mass is 9.99. The number of nitrogens with zero attached hydrogens (tertiary/aromatic N) is 2. The largest absolute Gasteiger partial charge is 0.449 e.